The molecule has 0 saturated heterocycles. The van der Waals surface area contributed by atoms with Crippen molar-refractivity contribution < 1.29 is 4.79 Å². The van der Waals surface area contributed by atoms with Crippen LogP contribution < -0.4 is 10.9 Å². The molecule has 5 nitrogen and oxygen atoms in total. The number of benzene rings is 2. The zero-order valence-corrected chi connectivity index (χ0v) is 15.0. The van der Waals surface area contributed by atoms with Gasteiger partial charge in [-0.25, -0.2) is 15.6 Å². The van der Waals surface area contributed by atoms with Crippen molar-refractivity contribution in [1.82, 2.24) is 10.9 Å². The van der Waals surface area contributed by atoms with E-state index in [1.165, 1.54) is 12.4 Å². The second kappa shape index (κ2) is 8.89. The summed E-state index contributed by atoms with van der Waals surface area (Å²) in [6.45, 7) is 0. The lowest BCUT2D eigenvalue weighted by molar-refractivity contribution is 0.242. The standard InChI is InChI=1S/C15H10Cl4N4O/c16-11-3-1-9(13(18)5-11)7-20-22-15(24)23-21-8-10-2-4-12(17)6-14(10)19/h1-8H,(H2,22,23,24)/b20-7-,21-8+. The van der Waals surface area contributed by atoms with Crippen molar-refractivity contribution in [2.45, 2.75) is 0 Å². The highest BCUT2D eigenvalue weighted by molar-refractivity contribution is 6.36. The SMILES string of the molecule is O=C(N/N=C\c1ccc(Cl)cc1Cl)N/N=C/c1ccc(Cl)cc1Cl. The Labute approximate surface area is 158 Å². The Hall–Kier alpha value is -1.79. The van der Waals surface area contributed by atoms with E-state index in [1.54, 1.807) is 36.4 Å². The quantitative estimate of drug-likeness (QED) is 0.549. The van der Waals surface area contributed by atoms with Crippen LogP contribution in [0.1, 0.15) is 11.1 Å². The highest BCUT2D eigenvalue weighted by Crippen LogP contribution is 2.20. The largest absolute Gasteiger partial charge is 0.355 e. The third-order valence-corrected chi connectivity index (χ3v) is 3.79. The van der Waals surface area contributed by atoms with E-state index in [-0.39, 0.29) is 0 Å². The highest BCUT2D eigenvalue weighted by Gasteiger charge is 2.00. The topological polar surface area (TPSA) is 65.8 Å². The van der Waals surface area contributed by atoms with Gasteiger partial charge >= 0.3 is 6.03 Å². The van der Waals surface area contributed by atoms with Gasteiger partial charge in [0, 0.05) is 21.2 Å². The molecule has 0 bridgehead atoms. The van der Waals surface area contributed by atoms with E-state index in [4.69, 9.17) is 46.4 Å². The molecule has 0 spiro atoms. The van der Waals surface area contributed by atoms with Gasteiger partial charge in [0.1, 0.15) is 0 Å². The summed E-state index contributed by atoms with van der Waals surface area (Å²) in [7, 11) is 0. The molecule has 0 atom stereocenters. The first-order valence-electron chi connectivity index (χ1n) is 6.48. The van der Waals surface area contributed by atoms with Gasteiger partial charge in [-0.15, -0.1) is 0 Å². The molecule has 2 N–H and O–H groups in total. The van der Waals surface area contributed by atoms with Crippen LogP contribution in [-0.4, -0.2) is 18.5 Å². The van der Waals surface area contributed by atoms with Gasteiger partial charge in [-0.3, -0.25) is 0 Å². The number of hydrazone groups is 2. The van der Waals surface area contributed by atoms with E-state index in [0.717, 1.165) is 0 Å². The molecular formula is C15H10Cl4N4O. The predicted molar refractivity (Wildman–Crippen MR) is 99.8 cm³/mol. The van der Waals surface area contributed by atoms with Crippen molar-refractivity contribution in [3.05, 3.63) is 67.6 Å². The van der Waals surface area contributed by atoms with Gasteiger partial charge in [-0.2, -0.15) is 10.2 Å². The summed E-state index contributed by atoms with van der Waals surface area (Å²) in [5.41, 5.74) is 5.70. The minimum Gasteiger partial charge on any atom is -0.245 e. The Morgan fingerprint density at radius 3 is 1.58 bits per heavy atom. The molecule has 24 heavy (non-hydrogen) atoms. The number of nitrogens with one attached hydrogen (secondary N) is 2. The lowest BCUT2D eigenvalue weighted by atomic mass is 10.2. The summed E-state index contributed by atoms with van der Waals surface area (Å²) in [6.07, 6.45) is 2.77. The Morgan fingerprint density at radius 1 is 0.792 bits per heavy atom. The first-order valence-corrected chi connectivity index (χ1v) is 7.99. The molecule has 0 aliphatic rings. The van der Waals surface area contributed by atoms with Crippen LogP contribution in [0.2, 0.25) is 20.1 Å². The minimum atomic E-state index is -0.627. The Balaban J connectivity index is 1.87. The van der Waals surface area contributed by atoms with Crippen molar-refractivity contribution in [3.8, 4) is 0 Å². The predicted octanol–water partition coefficient (Wildman–Crippen LogP) is 4.97. The molecule has 0 unspecified atom stereocenters. The third kappa shape index (κ3) is 5.69. The van der Waals surface area contributed by atoms with Gasteiger partial charge in [0.2, 0.25) is 0 Å². The first kappa shape index (κ1) is 18.5. The van der Waals surface area contributed by atoms with Crippen LogP contribution in [0.4, 0.5) is 4.79 Å². The van der Waals surface area contributed by atoms with E-state index < -0.39 is 6.03 Å². The number of rotatable bonds is 4. The monoisotopic (exact) mass is 402 g/mol. The molecule has 0 aliphatic carbocycles. The van der Waals surface area contributed by atoms with Crippen LogP contribution in [0.15, 0.2) is 46.6 Å². The smallest absolute Gasteiger partial charge is 0.245 e. The van der Waals surface area contributed by atoms with Gasteiger partial charge in [-0.1, -0.05) is 58.5 Å². The van der Waals surface area contributed by atoms with Crippen molar-refractivity contribution in [2.24, 2.45) is 10.2 Å². The van der Waals surface area contributed by atoms with Crippen molar-refractivity contribution in [3.63, 3.8) is 0 Å². The molecule has 9 heteroatoms. The molecule has 2 rings (SSSR count). The van der Waals surface area contributed by atoms with Crippen LogP contribution in [0, 0.1) is 0 Å². The number of urea groups is 1. The maximum atomic E-state index is 11.5. The number of carbonyl (C=O) groups excluding carboxylic acids is 1. The normalized spacial score (nSPS) is 11.2. The van der Waals surface area contributed by atoms with E-state index in [1.807, 2.05) is 0 Å². The molecule has 0 radical (unpaired) electrons. The first-order chi connectivity index (χ1) is 11.5. The zero-order valence-electron chi connectivity index (χ0n) is 11.9. The summed E-state index contributed by atoms with van der Waals surface area (Å²) >= 11 is 23.5. The van der Waals surface area contributed by atoms with E-state index in [0.29, 0.717) is 31.2 Å². The van der Waals surface area contributed by atoms with Gasteiger partial charge in [0.15, 0.2) is 0 Å². The fraction of sp³-hybridized carbons (Fsp3) is 0. The van der Waals surface area contributed by atoms with Crippen molar-refractivity contribution >= 4 is 64.9 Å². The second-order valence-corrected chi connectivity index (χ2v) is 6.09. The van der Waals surface area contributed by atoms with Crippen LogP contribution in [-0.2, 0) is 0 Å². The summed E-state index contributed by atoms with van der Waals surface area (Å²) in [5.74, 6) is 0. The average Bonchev–Trinajstić information content (AvgIpc) is 2.51. The van der Waals surface area contributed by atoms with Gasteiger partial charge in [0.05, 0.1) is 22.5 Å². The summed E-state index contributed by atoms with van der Waals surface area (Å²) in [4.78, 5) is 11.5. The molecule has 0 saturated carbocycles. The molecule has 0 heterocycles. The summed E-state index contributed by atoms with van der Waals surface area (Å²) in [6, 6.07) is 9.19. The minimum absolute atomic E-state index is 0.420. The molecular weight excluding hydrogens is 394 g/mol. The van der Waals surface area contributed by atoms with Crippen molar-refractivity contribution in [2.75, 3.05) is 0 Å². The maximum Gasteiger partial charge on any atom is 0.355 e. The van der Waals surface area contributed by atoms with E-state index >= 15 is 0 Å². The average molecular weight is 404 g/mol. The van der Waals surface area contributed by atoms with Crippen molar-refractivity contribution in [1.29, 1.82) is 0 Å². The van der Waals surface area contributed by atoms with Crippen LogP contribution >= 0.6 is 46.4 Å². The zero-order chi connectivity index (χ0) is 17.5. The molecule has 124 valence electrons. The van der Waals surface area contributed by atoms with Crippen LogP contribution in [0.25, 0.3) is 0 Å². The lowest BCUT2D eigenvalue weighted by Crippen LogP contribution is -2.28. The summed E-state index contributed by atoms with van der Waals surface area (Å²) in [5, 5.41) is 9.37. The molecule has 2 aromatic carbocycles. The van der Waals surface area contributed by atoms with Gasteiger partial charge in [-0.05, 0) is 24.3 Å². The molecule has 2 aromatic rings. The molecule has 0 fully saturated rings. The molecule has 0 aromatic heterocycles. The number of nitrogens with zero attached hydrogens (tertiary/aromatic N) is 2. The fourth-order valence-corrected chi connectivity index (χ4v) is 2.47. The molecule has 2 amide bonds. The highest BCUT2D eigenvalue weighted by atomic mass is 35.5. The van der Waals surface area contributed by atoms with Crippen LogP contribution in [0.3, 0.4) is 0 Å². The third-order valence-electron chi connectivity index (χ3n) is 2.66. The Bertz CT molecular complexity index is 743. The lowest BCUT2D eigenvalue weighted by Gasteiger charge is -2.00. The Kier molecular flexibility index (Phi) is 6.87. The number of hydrogen-bond acceptors (Lipinski definition) is 3. The van der Waals surface area contributed by atoms with E-state index in [9.17, 15) is 4.79 Å². The fourth-order valence-electron chi connectivity index (χ4n) is 1.56. The van der Waals surface area contributed by atoms with E-state index in [2.05, 4.69) is 21.1 Å². The Morgan fingerprint density at radius 2 is 1.21 bits per heavy atom. The number of amides is 2. The summed E-state index contributed by atoms with van der Waals surface area (Å²) < 4.78 is 0. The molecule has 0 aliphatic heterocycles. The maximum absolute atomic E-state index is 11.5. The van der Waals surface area contributed by atoms with Gasteiger partial charge < -0.3 is 0 Å². The number of halogens is 4. The van der Waals surface area contributed by atoms with Gasteiger partial charge in [0.25, 0.3) is 0 Å². The second-order valence-electron chi connectivity index (χ2n) is 4.40. The number of carbonyl (C=O) groups is 1. The number of hydrogen-bond donors (Lipinski definition) is 2. The van der Waals surface area contributed by atoms with Crippen LogP contribution in [0.5, 0.6) is 0 Å².